The van der Waals surface area contributed by atoms with Crippen LogP contribution in [0.25, 0.3) is 0 Å². The van der Waals surface area contributed by atoms with E-state index in [1.54, 1.807) is 60.9 Å². The topological polar surface area (TPSA) is 109 Å². The van der Waals surface area contributed by atoms with E-state index in [9.17, 15) is 18.0 Å². The van der Waals surface area contributed by atoms with Crippen molar-refractivity contribution in [2.24, 2.45) is 0 Å². The number of hydrogen-bond acceptors (Lipinski definition) is 5. The van der Waals surface area contributed by atoms with Crippen LogP contribution in [-0.4, -0.2) is 32.5 Å². The van der Waals surface area contributed by atoms with Crippen molar-refractivity contribution in [3.63, 3.8) is 0 Å². The monoisotopic (exact) mass is 453 g/mol. The number of nitrogens with one attached hydrogen (secondary N) is 2. The Morgan fingerprint density at radius 2 is 1.62 bits per heavy atom. The summed E-state index contributed by atoms with van der Waals surface area (Å²) in [5, 5.41) is 5.61. The molecule has 9 heteroatoms. The first-order chi connectivity index (χ1) is 15.4. The van der Waals surface area contributed by atoms with Crippen molar-refractivity contribution in [3.05, 3.63) is 89.4 Å². The summed E-state index contributed by atoms with van der Waals surface area (Å²) in [6, 6.07) is 17.1. The van der Waals surface area contributed by atoms with E-state index < -0.39 is 10.0 Å². The summed E-state index contributed by atoms with van der Waals surface area (Å²) < 4.78 is 30.8. The summed E-state index contributed by atoms with van der Waals surface area (Å²) in [7, 11) is -3.31. The Morgan fingerprint density at radius 3 is 2.31 bits per heavy atom. The van der Waals surface area contributed by atoms with E-state index in [2.05, 4.69) is 10.6 Å². The normalized spacial score (nSPS) is 14.8. The fraction of sp³-hybridized carbons (Fsp3) is 0.217. The number of hydrogen-bond donors (Lipinski definition) is 2. The lowest BCUT2D eigenvalue weighted by Crippen LogP contribution is -2.26. The number of anilines is 1. The minimum Gasteiger partial charge on any atom is -0.467 e. The molecule has 0 aliphatic carbocycles. The molecule has 0 unspecified atom stereocenters. The van der Waals surface area contributed by atoms with Crippen LogP contribution in [0.2, 0.25) is 0 Å². The van der Waals surface area contributed by atoms with E-state index in [0.717, 1.165) is 5.56 Å². The molecule has 2 heterocycles. The third-order valence-corrected chi connectivity index (χ3v) is 7.01. The summed E-state index contributed by atoms with van der Waals surface area (Å²) in [4.78, 5) is 25.0. The van der Waals surface area contributed by atoms with Crippen LogP contribution in [0.4, 0.5) is 5.69 Å². The van der Waals surface area contributed by atoms with E-state index in [1.807, 2.05) is 6.07 Å². The first-order valence-electron chi connectivity index (χ1n) is 10.2. The highest BCUT2D eigenvalue weighted by atomic mass is 32.2. The van der Waals surface area contributed by atoms with Gasteiger partial charge in [-0.3, -0.25) is 13.9 Å². The molecule has 0 spiro atoms. The standard InChI is InChI=1S/C23H23N3O5S/c27-22(25-16-21-9-3-11-31-21)18-6-1-5-17(13-18)15-24-23(28)19-7-2-8-20(14-19)26-10-4-12-32(26,29)30/h1-3,5-9,11,13-14H,4,10,12,15-16H2,(H,24,28)(H,25,27). The highest BCUT2D eigenvalue weighted by Crippen LogP contribution is 2.24. The Bertz CT molecular complexity index is 1220. The molecule has 1 fully saturated rings. The van der Waals surface area contributed by atoms with Crippen molar-refractivity contribution in [3.8, 4) is 0 Å². The van der Waals surface area contributed by atoms with Crippen LogP contribution in [0.15, 0.2) is 71.3 Å². The largest absolute Gasteiger partial charge is 0.467 e. The number of nitrogens with zero attached hydrogens (tertiary/aromatic N) is 1. The number of sulfonamides is 1. The molecule has 0 bridgehead atoms. The van der Waals surface area contributed by atoms with E-state index in [1.165, 1.54) is 4.31 Å². The molecule has 1 aromatic heterocycles. The average Bonchev–Trinajstić information content (AvgIpc) is 3.45. The minimum absolute atomic E-state index is 0.120. The molecule has 2 amide bonds. The van der Waals surface area contributed by atoms with Crippen molar-refractivity contribution in [1.82, 2.24) is 10.6 Å². The van der Waals surface area contributed by atoms with Gasteiger partial charge < -0.3 is 15.1 Å². The zero-order valence-electron chi connectivity index (χ0n) is 17.3. The van der Waals surface area contributed by atoms with Crippen LogP contribution < -0.4 is 14.9 Å². The second-order valence-electron chi connectivity index (χ2n) is 7.44. The Morgan fingerprint density at radius 1 is 0.906 bits per heavy atom. The van der Waals surface area contributed by atoms with Gasteiger partial charge in [-0.2, -0.15) is 0 Å². The molecule has 3 aromatic rings. The Hall–Kier alpha value is -3.59. The maximum Gasteiger partial charge on any atom is 0.251 e. The average molecular weight is 454 g/mol. The minimum atomic E-state index is -3.31. The summed E-state index contributed by atoms with van der Waals surface area (Å²) in [5.41, 5.74) is 2.11. The van der Waals surface area contributed by atoms with Crippen molar-refractivity contribution in [2.45, 2.75) is 19.5 Å². The van der Waals surface area contributed by atoms with Crippen molar-refractivity contribution in [2.75, 3.05) is 16.6 Å². The van der Waals surface area contributed by atoms with E-state index in [4.69, 9.17) is 4.42 Å². The number of carbonyl (C=O) groups excluding carboxylic acids is 2. The van der Waals surface area contributed by atoms with Gasteiger partial charge in [-0.1, -0.05) is 18.2 Å². The highest BCUT2D eigenvalue weighted by molar-refractivity contribution is 7.93. The molecule has 166 valence electrons. The predicted molar refractivity (Wildman–Crippen MR) is 120 cm³/mol. The second kappa shape index (κ2) is 9.27. The lowest BCUT2D eigenvalue weighted by atomic mass is 10.1. The Kier molecular flexibility index (Phi) is 6.27. The van der Waals surface area contributed by atoms with Crippen LogP contribution in [0.5, 0.6) is 0 Å². The molecule has 0 saturated carbocycles. The van der Waals surface area contributed by atoms with Crippen LogP contribution in [0.3, 0.4) is 0 Å². The van der Waals surface area contributed by atoms with Crippen molar-refractivity contribution >= 4 is 27.5 Å². The SMILES string of the molecule is O=C(NCc1cccc(C(=O)NCc2ccco2)c1)c1cccc(N2CCCS2(=O)=O)c1. The highest BCUT2D eigenvalue weighted by Gasteiger charge is 2.28. The first kappa shape index (κ1) is 21.6. The molecule has 1 saturated heterocycles. The first-order valence-corrected chi connectivity index (χ1v) is 11.8. The molecule has 32 heavy (non-hydrogen) atoms. The van der Waals surface area contributed by atoms with Gasteiger partial charge in [0.25, 0.3) is 11.8 Å². The fourth-order valence-corrected chi connectivity index (χ4v) is 5.08. The summed E-state index contributed by atoms with van der Waals surface area (Å²) in [6.07, 6.45) is 2.12. The lowest BCUT2D eigenvalue weighted by molar-refractivity contribution is 0.0943. The molecule has 2 aromatic carbocycles. The smallest absolute Gasteiger partial charge is 0.251 e. The van der Waals surface area contributed by atoms with Gasteiger partial charge in [0.2, 0.25) is 10.0 Å². The Balaban J connectivity index is 1.37. The molecule has 2 N–H and O–H groups in total. The van der Waals surface area contributed by atoms with Gasteiger partial charge in [0.15, 0.2) is 0 Å². The van der Waals surface area contributed by atoms with E-state index in [0.29, 0.717) is 35.5 Å². The summed E-state index contributed by atoms with van der Waals surface area (Å²) in [5.74, 6) is 0.213. The number of amides is 2. The van der Waals surface area contributed by atoms with Gasteiger partial charge in [0.1, 0.15) is 5.76 Å². The van der Waals surface area contributed by atoms with Gasteiger partial charge in [-0.05, 0) is 54.4 Å². The maximum atomic E-state index is 12.6. The lowest BCUT2D eigenvalue weighted by Gasteiger charge is -2.17. The van der Waals surface area contributed by atoms with Gasteiger partial charge in [0.05, 0.1) is 24.2 Å². The maximum absolute atomic E-state index is 12.6. The zero-order valence-corrected chi connectivity index (χ0v) is 18.1. The number of carbonyl (C=O) groups is 2. The molecule has 4 rings (SSSR count). The quantitative estimate of drug-likeness (QED) is 0.572. The second-order valence-corrected chi connectivity index (χ2v) is 9.45. The fourth-order valence-electron chi connectivity index (χ4n) is 3.52. The van der Waals surface area contributed by atoms with Crippen molar-refractivity contribution < 1.29 is 22.4 Å². The Labute approximate surface area is 186 Å². The molecule has 8 nitrogen and oxygen atoms in total. The van der Waals surface area contributed by atoms with Gasteiger partial charge in [-0.25, -0.2) is 8.42 Å². The van der Waals surface area contributed by atoms with Gasteiger partial charge >= 0.3 is 0 Å². The van der Waals surface area contributed by atoms with E-state index in [-0.39, 0.29) is 30.7 Å². The number of furan rings is 1. The third-order valence-electron chi connectivity index (χ3n) is 5.14. The summed E-state index contributed by atoms with van der Waals surface area (Å²) in [6.45, 7) is 0.933. The van der Waals surface area contributed by atoms with Crippen LogP contribution in [0.1, 0.15) is 38.5 Å². The molecule has 0 atom stereocenters. The zero-order chi connectivity index (χ0) is 22.6. The molecular formula is C23H23N3O5S. The molecule has 1 aliphatic rings. The van der Waals surface area contributed by atoms with E-state index >= 15 is 0 Å². The van der Waals surface area contributed by atoms with Crippen LogP contribution >= 0.6 is 0 Å². The number of benzene rings is 2. The summed E-state index contributed by atoms with van der Waals surface area (Å²) >= 11 is 0. The third kappa shape index (κ3) is 5.00. The van der Waals surface area contributed by atoms with Gasteiger partial charge in [-0.15, -0.1) is 0 Å². The molecule has 0 radical (unpaired) electrons. The number of rotatable bonds is 7. The predicted octanol–water partition coefficient (Wildman–Crippen LogP) is 2.68. The van der Waals surface area contributed by atoms with Crippen LogP contribution in [-0.2, 0) is 23.1 Å². The van der Waals surface area contributed by atoms with Gasteiger partial charge in [0, 0.05) is 24.2 Å². The van der Waals surface area contributed by atoms with Crippen LogP contribution in [0, 0.1) is 0 Å². The van der Waals surface area contributed by atoms with Crippen molar-refractivity contribution in [1.29, 1.82) is 0 Å². The molecule has 1 aliphatic heterocycles. The molecular weight excluding hydrogens is 430 g/mol.